The fourth-order valence-corrected chi connectivity index (χ4v) is 3.73. The first-order chi connectivity index (χ1) is 20.0. The minimum atomic E-state index is -5.08. The molecule has 2 heterocycles. The van der Waals surface area contributed by atoms with Crippen LogP contribution in [0.5, 0.6) is 5.75 Å². The number of aromatic nitrogens is 2. The molecule has 2 amide bonds. The van der Waals surface area contributed by atoms with Gasteiger partial charge in [0, 0.05) is 37.1 Å². The Morgan fingerprint density at radius 3 is 2.48 bits per heavy atom. The average Bonchev–Trinajstić information content (AvgIpc) is 2.99. The Balaban J connectivity index is 0.000000616. The molecule has 42 heavy (non-hydrogen) atoms. The predicted molar refractivity (Wildman–Crippen MR) is 146 cm³/mol. The number of nitrogen functional groups attached to an aromatic ring is 1. The molecule has 4 rings (SSSR count). The number of amides is 2. The Labute approximate surface area is 238 Å². The second-order valence-corrected chi connectivity index (χ2v) is 8.75. The lowest BCUT2D eigenvalue weighted by Gasteiger charge is -2.28. The Morgan fingerprint density at radius 1 is 1.12 bits per heavy atom. The van der Waals surface area contributed by atoms with Gasteiger partial charge in [-0.1, -0.05) is 18.2 Å². The van der Waals surface area contributed by atoms with E-state index in [2.05, 4.69) is 20.6 Å². The number of rotatable bonds is 8. The molecule has 3 aromatic rings. The first-order valence-electron chi connectivity index (χ1n) is 12.5. The average molecular weight is 591 g/mol. The number of carbonyl (C=O) groups is 3. The minimum absolute atomic E-state index is 0.00710. The molecule has 15 heteroatoms. The van der Waals surface area contributed by atoms with Gasteiger partial charge in [-0.2, -0.15) is 13.2 Å². The van der Waals surface area contributed by atoms with E-state index in [-0.39, 0.29) is 24.3 Å². The number of alkyl halides is 3. The molecule has 224 valence electrons. The number of halogens is 3. The van der Waals surface area contributed by atoms with Crippen LogP contribution in [0, 0.1) is 0 Å². The van der Waals surface area contributed by atoms with E-state index in [0.29, 0.717) is 49.8 Å². The summed E-state index contributed by atoms with van der Waals surface area (Å²) < 4.78 is 42.3. The van der Waals surface area contributed by atoms with E-state index in [1.54, 1.807) is 36.4 Å². The summed E-state index contributed by atoms with van der Waals surface area (Å²) in [4.78, 5) is 44.7. The summed E-state index contributed by atoms with van der Waals surface area (Å²) >= 11 is 0. The van der Waals surface area contributed by atoms with Crippen LogP contribution in [0.15, 0.2) is 54.7 Å². The number of carboxylic acid groups (broad SMARTS) is 1. The molecule has 1 aromatic heterocycles. The van der Waals surface area contributed by atoms with Crippen molar-refractivity contribution in [1.29, 1.82) is 0 Å². The van der Waals surface area contributed by atoms with E-state index in [4.69, 9.17) is 25.1 Å². The molecule has 0 saturated carbocycles. The standard InChI is InChI=1S/C25H28N6O4.C2HF3O2/c1-34-19-4-2-3-17(13-19)15-29-23(32)16-28-22-6-5-18(21-7-8-27-25(26)30-21)14-20(22)24(33)31-9-11-35-12-10-31;3-2(4,5)1(6)7/h2-8,13-14,28H,9-12,15-16H2,1H3,(H,29,32)(H2,26,27,30);(H,6,7). The van der Waals surface area contributed by atoms with Gasteiger partial charge in [0.1, 0.15) is 5.75 Å². The smallest absolute Gasteiger partial charge is 0.490 e. The second kappa shape index (κ2) is 14.6. The summed E-state index contributed by atoms with van der Waals surface area (Å²) in [6.45, 7) is 2.36. The lowest BCUT2D eigenvalue weighted by atomic mass is 10.0. The van der Waals surface area contributed by atoms with Crippen LogP contribution in [-0.2, 0) is 20.9 Å². The number of nitrogens with one attached hydrogen (secondary N) is 2. The van der Waals surface area contributed by atoms with Crippen LogP contribution in [0.1, 0.15) is 15.9 Å². The van der Waals surface area contributed by atoms with Gasteiger partial charge < -0.3 is 35.8 Å². The third-order valence-corrected chi connectivity index (χ3v) is 5.82. The number of ether oxygens (including phenoxy) is 2. The van der Waals surface area contributed by atoms with E-state index in [1.807, 2.05) is 30.3 Å². The van der Waals surface area contributed by atoms with Gasteiger partial charge >= 0.3 is 12.1 Å². The number of hydrogen-bond donors (Lipinski definition) is 4. The topological polar surface area (TPSA) is 169 Å². The molecule has 0 unspecified atom stereocenters. The number of hydrogen-bond acceptors (Lipinski definition) is 9. The Morgan fingerprint density at radius 2 is 1.83 bits per heavy atom. The highest BCUT2D eigenvalue weighted by Crippen LogP contribution is 2.26. The number of benzene rings is 2. The number of morpholine rings is 1. The maximum Gasteiger partial charge on any atom is 0.490 e. The first-order valence-corrected chi connectivity index (χ1v) is 12.5. The molecular formula is C27H29F3N6O6. The maximum atomic E-state index is 13.3. The highest BCUT2D eigenvalue weighted by atomic mass is 19.4. The van der Waals surface area contributed by atoms with Crippen LogP contribution in [0.3, 0.4) is 0 Å². The lowest BCUT2D eigenvalue weighted by Crippen LogP contribution is -2.41. The van der Waals surface area contributed by atoms with Crippen molar-refractivity contribution in [3.63, 3.8) is 0 Å². The highest BCUT2D eigenvalue weighted by molar-refractivity contribution is 6.01. The zero-order chi connectivity index (χ0) is 30.7. The number of methoxy groups -OCH3 is 1. The quantitative estimate of drug-likeness (QED) is 0.306. The van der Waals surface area contributed by atoms with Gasteiger partial charge in [0.15, 0.2) is 0 Å². The number of nitrogens with two attached hydrogens (primary N) is 1. The third kappa shape index (κ3) is 9.33. The Kier molecular flexibility index (Phi) is 11.0. The maximum absolute atomic E-state index is 13.3. The second-order valence-electron chi connectivity index (χ2n) is 8.75. The fraction of sp³-hybridized carbons (Fsp3) is 0.296. The van der Waals surface area contributed by atoms with Crippen molar-refractivity contribution >= 4 is 29.4 Å². The van der Waals surface area contributed by atoms with Gasteiger partial charge in [-0.15, -0.1) is 0 Å². The van der Waals surface area contributed by atoms with E-state index >= 15 is 0 Å². The largest absolute Gasteiger partial charge is 0.497 e. The van der Waals surface area contributed by atoms with Crippen LogP contribution >= 0.6 is 0 Å². The molecule has 0 atom stereocenters. The molecule has 0 spiro atoms. The monoisotopic (exact) mass is 590 g/mol. The van der Waals surface area contributed by atoms with Crippen molar-refractivity contribution in [1.82, 2.24) is 20.2 Å². The van der Waals surface area contributed by atoms with Crippen molar-refractivity contribution in [2.24, 2.45) is 0 Å². The predicted octanol–water partition coefficient (Wildman–Crippen LogP) is 2.57. The fourth-order valence-electron chi connectivity index (χ4n) is 3.73. The van der Waals surface area contributed by atoms with Gasteiger partial charge in [-0.25, -0.2) is 14.8 Å². The zero-order valence-electron chi connectivity index (χ0n) is 22.5. The molecule has 0 radical (unpaired) electrons. The van der Waals surface area contributed by atoms with Gasteiger partial charge in [-0.05, 0) is 35.9 Å². The molecule has 1 aliphatic rings. The van der Waals surface area contributed by atoms with Gasteiger partial charge in [0.25, 0.3) is 5.91 Å². The van der Waals surface area contributed by atoms with Gasteiger partial charge in [0.05, 0.1) is 38.1 Å². The van der Waals surface area contributed by atoms with E-state index < -0.39 is 12.1 Å². The summed E-state index contributed by atoms with van der Waals surface area (Å²) in [5.74, 6) is -2.22. The van der Waals surface area contributed by atoms with Gasteiger partial charge in [-0.3, -0.25) is 9.59 Å². The molecule has 1 aliphatic heterocycles. The Hall–Kier alpha value is -4.92. The van der Waals surface area contributed by atoms with Crippen molar-refractivity contribution < 1.29 is 42.1 Å². The highest BCUT2D eigenvalue weighted by Gasteiger charge is 2.38. The van der Waals surface area contributed by atoms with Crippen molar-refractivity contribution in [2.45, 2.75) is 12.7 Å². The van der Waals surface area contributed by atoms with Crippen molar-refractivity contribution in [3.05, 3.63) is 65.9 Å². The summed E-state index contributed by atoms with van der Waals surface area (Å²) in [7, 11) is 1.60. The number of carboxylic acids is 1. The first kappa shape index (κ1) is 31.6. The van der Waals surface area contributed by atoms with Crippen LogP contribution in [0.4, 0.5) is 24.8 Å². The number of carbonyl (C=O) groups excluding carboxylic acids is 2. The molecule has 2 aromatic carbocycles. The molecular weight excluding hydrogens is 561 g/mol. The number of anilines is 2. The molecule has 0 aliphatic carbocycles. The molecule has 5 N–H and O–H groups in total. The minimum Gasteiger partial charge on any atom is -0.497 e. The van der Waals surface area contributed by atoms with E-state index in [0.717, 1.165) is 16.9 Å². The normalized spacial score (nSPS) is 12.9. The SMILES string of the molecule is COc1cccc(CNC(=O)CNc2ccc(-c3ccnc(N)n3)cc2C(=O)N2CCOCC2)c1.O=C(O)C(F)(F)F. The van der Waals surface area contributed by atoms with E-state index in [9.17, 15) is 22.8 Å². The molecule has 1 fully saturated rings. The van der Waals surface area contributed by atoms with Crippen LogP contribution in [0.2, 0.25) is 0 Å². The van der Waals surface area contributed by atoms with Gasteiger partial charge in [0.2, 0.25) is 11.9 Å². The van der Waals surface area contributed by atoms with Crippen molar-refractivity contribution in [3.8, 4) is 17.0 Å². The Bertz CT molecular complexity index is 1400. The zero-order valence-corrected chi connectivity index (χ0v) is 22.5. The summed E-state index contributed by atoms with van der Waals surface area (Å²) in [6.07, 6.45) is -3.51. The number of aliphatic carboxylic acids is 1. The van der Waals surface area contributed by atoms with Crippen LogP contribution < -0.4 is 21.1 Å². The van der Waals surface area contributed by atoms with E-state index in [1.165, 1.54) is 0 Å². The summed E-state index contributed by atoms with van der Waals surface area (Å²) in [5.41, 5.74) is 9.00. The molecule has 0 bridgehead atoms. The molecule has 1 saturated heterocycles. The summed E-state index contributed by atoms with van der Waals surface area (Å²) in [6, 6.07) is 14.6. The lowest BCUT2D eigenvalue weighted by molar-refractivity contribution is -0.192. The third-order valence-electron chi connectivity index (χ3n) is 5.82. The van der Waals surface area contributed by atoms with Crippen LogP contribution in [-0.4, -0.2) is 83.9 Å². The number of nitrogens with zero attached hydrogens (tertiary/aromatic N) is 3. The molecule has 12 nitrogen and oxygen atoms in total. The summed E-state index contributed by atoms with van der Waals surface area (Å²) in [5, 5.41) is 13.1. The van der Waals surface area contributed by atoms with Crippen LogP contribution in [0.25, 0.3) is 11.3 Å². The van der Waals surface area contributed by atoms with Crippen molar-refractivity contribution in [2.75, 3.05) is 51.0 Å².